The largest absolute Gasteiger partial charge is 0.392 e. The Kier molecular flexibility index (Phi) is 4.51. The van der Waals surface area contributed by atoms with Crippen molar-refractivity contribution in [3.8, 4) is 0 Å². The van der Waals surface area contributed by atoms with Crippen LogP contribution < -0.4 is 5.32 Å². The molecule has 0 aliphatic carbocycles. The predicted molar refractivity (Wildman–Crippen MR) is 74.4 cm³/mol. The maximum atomic E-state index is 9.43. The molecule has 0 fully saturated rings. The predicted octanol–water partition coefficient (Wildman–Crippen LogP) is 2.75. The van der Waals surface area contributed by atoms with Gasteiger partial charge in [0, 0.05) is 6.54 Å². The number of hydrogen-bond acceptors (Lipinski definition) is 2. The highest BCUT2D eigenvalue weighted by molar-refractivity contribution is 5.31. The maximum absolute atomic E-state index is 9.43. The van der Waals surface area contributed by atoms with Crippen molar-refractivity contribution in [3.05, 3.63) is 71.8 Å². The molecule has 0 aliphatic heterocycles. The summed E-state index contributed by atoms with van der Waals surface area (Å²) in [5.41, 5.74) is 2.42. The number of aliphatic hydroxyl groups is 1. The van der Waals surface area contributed by atoms with Gasteiger partial charge in [-0.3, -0.25) is 0 Å². The first-order chi connectivity index (χ1) is 8.77. The molecule has 2 heteroatoms. The van der Waals surface area contributed by atoms with Gasteiger partial charge in [0.2, 0.25) is 0 Å². The van der Waals surface area contributed by atoms with E-state index in [9.17, 15) is 5.11 Å². The van der Waals surface area contributed by atoms with E-state index in [-0.39, 0.29) is 12.1 Å². The van der Waals surface area contributed by atoms with Crippen LogP contribution in [-0.2, 0) is 0 Å². The smallest absolute Gasteiger partial charge is 0.0636 e. The molecule has 0 bridgehead atoms. The Hall–Kier alpha value is -1.64. The van der Waals surface area contributed by atoms with Crippen LogP contribution in [0.15, 0.2) is 60.7 Å². The summed E-state index contributed by atoms with van der Waals surface area (Å²) in [6.45, 7) is 2.37. The molecule has 2 aromatic rings. The van der Waals surface area contributed by atoms with E-state index >= 15 is 0 Å². The van der Waals surface area contributed by atoms with Gasteiger partial charge in [0.25, 0.3) is 0 Å². The molecule has 0 unspecified atom stereocenters. The molecule has 1 atom stereocenters. The molecule has 0 saturated carbocycles. The molecule has 18 heavy (non-hydrogen) atoms. The van der Waals surface area contributed by atoms with Crippen LogP contribution in [0.1, 0.15) is 24.1 Å². The molecule has 0 spiro atoms. The Morgan fingerprint density at radius 2 is 1.33 bits per heavy atom. The molecule has 2 nitrogen and oxygen atoms in total. The summed E-state index contributed by atoms with van der Waals surface area (Å²) in [5, 5.41) is 12.8. The molecular formula is C16H19NO. The minimum atomic E-state index is -0.347. The minimum Gasteiger partial charge on any atom is -0.392 e. The summed E-state index contributed by atoms with van der Waals surface area (Å²) in [6, 6.07) is 20.7. The van der Waals surface area contributed by atoms with Gasteiger partial charge in [-0.1, -0.05) is 60.7 Å². The molecule has 2 N–H and O–H groups in total. The second kappa shape index (κ2) is 6.34. The number of aliphatic hydroxyl groups excluding tert-OH is 1. The average Bonchev–Trinajstić information content (AvgIpc) is 2.41. The second-order valence-corrected chi connectivity index (χ2v) is 4.51. The van der Waals surface area contributed by atoms with Crippen LogP contribution in [0.4, 0.5) is 0 Å². The number of nitrogens with one attached hydrogen (secondary N) is 1. The first-order valence-corrected chi connectivity index (χ1v) is 6.28. The van der Waals surface area contributed by atoms with Crippen molar-refractivity contribution >= 4 is 0 Å². The Morgan fingerprint density at radius 1 is 0.889 bits per heavy atom. The van der Waals surface area contributed by atoms with Crippen molar-refractivity contribution in [1.29, 1.82) is 0 Å². The van der Waals surface area contributed by atoms with Gasteiger partial charge in [0.05, 0.1) is 12.1 Å². The molecule has 0 aliphatic rings. The molecule has 0 heterocycles. The van der Waals surface area contributed by atoms with Gasteiger partial charge < -0.3 is 10.4 Å². The fourth-order valence-electron chi connectivity index (χ4n) is 2.01. The molecular weight excluding hydrogens is 222 g/mol. The van der Waals surface area contributed by atoms with Gasteiger partial charge in [-0.2, -0.15) is 0 Å². The average molecular weight is 241 g/mol. The van der Waals surface area contributed by atoms with Gasteiger partial charge in [-0.25, -0.2) is 0 Å². The Balaban J connectivity index is 2.24. The van der Waals surface area contributed by atoms with E-state index in [1.807, 2.05) is 36.4 Å². The van der Waals surface area contributed by atoms with Crippen molar-refractivity contribution in [2.24, 2.45) is 0 Å². The fourth-order valence-corrected chi connectivity index (χ4v) is 2.01. The third kappa shape index (κ3) is 3.42. The van der Waals surface area contributed by atoms with Gasteiger partial charge >= 0.3 is 0 Å². The lowest BCUT2D eigenvalue weighted by Crippen LogP contribution is -2.29. The van der Waals surface area contributed by atoms with Gasteiger partial charge in [0.1, 0.15) is 0 Å². The van der Waals surface area contributed by atoms with Crippen molar-refractivity contribution in [2.45, 2.75) is 19.1 Å². The van der Waals surface area contributed by atoms with E-state index in [1.165, 1.54) is 11.1 Å². The second-order valence-electron chi connectivity index (χ2n) is 4.51. The van der Waals surface area contributed by atoms with Gasteiger partial charge in [-0.15, -0.1) is 0 Å². The zero-order valence-corrected chi connectivity index (χ0v) is 10.6. The highest BCUT2D eigenvalue weighted by Gasteiger charge is 2.13. The Labute approximate surface area is 108 Å². The molecule has 0 saturated heterocycles. The van der Waals surface area contributed by atoms with Gasteiger partial charge in [0.15, 0.2) is 0 Å². The Bertz CT molecular complexity index is 414. The summed E-state index contributed by atoms with van der Waals surface area (Å²) in [5.74, 6) is 0. The zero-order valence-electron chi connectivity index (χ0n) is 10.6. The summed E-state index contributed by atoms with van der Waals surface area (Å²) < 4.78 is 0. The first-order valence-electron chi connectivity index (χ1n) is 6.28. The van der Waals surface area contributed by atoms with E-state index in [1.54, 1.807) is 6.92 Å². The van der Waals surface area contributed by atoms with Crippen LogP contribution in [-0.4, -0.2) is 17.8 Å². The fraction of sp³-hybridized carbons (Fsp3) is 0.250. The number of hydrogen-bond donors (Lipinski definition) is 2. The van der Waals surface area contributed by atoms with Crippen LogP contribution >= 0.6 is 0 Å². The van der Waals surface area contributed by atoms with Crippen molar-refractivity contribution in [3.63, 3.8) is 0 Å². The lowest BCUT2D eigenvalue weighted by molar-refractivity contribution is 0.188. The first kappa shape index (κ1) is 12.8. The number of benzene rings is 2. The third-order valence-electron chi connectivity index (χ3n) is 2.88. The lowest BCUT2D eigenvalue weighted by Gasteiger charge is -2.20. The number of rotatable bonds is 5. The monoisotopic (exact) mass is 241 g/mol. The van der Waals surface area contributed by atoms with Crippen LogP contribution in [0.25, 0.3) is 0 Å². The van der Waals surface area contributed by atoms with Crippen molar-refractivity contribution in [2.75, 3.05) is 6.54 Å². The van der Waals surface area contributed by atoms with Gasteiger partial charge in [-0.05, 0) is 18.1 Å². The normalized spacial score (nSPS) is 12.6. The van der Waals surface area contributed by atoms with E-state index in [2.05, 4.69) is 29.6 Å². The molecule has 2 rings (SSSR count). The molecule has 94 valence electrons. The van der Waals surface area contributed by atoms with Crippen molar-refractivity contribution in [1.82, 2.24) is 5.32 Å². The van der Waals surface area contributed by atoms with E-state index in [0.29, 0.717) is 6.54 Å². The summed E-state index contributed by atoms with van der Waals surface area (Å²) >= 11 is 0. The van der Waals surface area contributed by atoms with E-state index < -0.39 is 0 Å². The van der Waals surface area contributed by atoms with E-state index in [4.69, 9.17) is 0 Å². The molecule has 2 aromatic carbocycles. The SMILES string of the molecule is C[C@@H](O)CNC(c1ccccc1)c1ccccc1. The molecule has 0 amide bonds. The summed E-state index contributed by atoms with van der Waals surface area (Å²) in [7, 11) is 0. The maximum Gasteiger partial charge on any atom is 0.0636 e. The van der Waals surface area contributed by atoms with E-state index in [0.717, 1.165) is 0 Å². The van der Waals surface area contributed by atoms with Crippen LogP contribution in [0.2, 0.25) is 0 Å². The minimum absolute atomic E-state index is 0.127. The van der Waals surface area contributed by atoms with Crippen LogP contribution in [0, 0.1) is 0 Å². The van der Waals surface area contributed by atoms with Crippen molar-refractivity contribution < 1.29 is 5.11 Å². The molecule has 0 aromatic heterocycles. The summed E-state index contributed by atoms with van der Waals surface area (Å²) in [4.78, 5) is 0. The lowest BCUT2D eigenvalue weighted by atomic mass is 9.98. The Morgan fingerprint density at radius 3 is 1.72 bits per heavy atom. The van der Waals surface area contributed by atoms with Crippen LogP contribution in [0.5, 0.6) is 0 Å². The quantitative estimate of drug-likeness (QED) is 0.843. The highest BCUT2D eigenvalue weighted by Crippen LogP contribution is 2.21. The standard InChI is InChI=1S/C16H19NO/c1-13(18)12-17-16(14-8-4-2-5-9-14)15-10-6-3-7-11-15/h2-11,13,16-18H,12H2,1H3/t13-/m1/s1. The van der Waals surface area contributed by atoms with Crippen LogP contribution in [0.3, 0.4) is 0 Å². The zero-order chi connectivity index (χ0) is 12.8. The summed E-state index contributed by atoms with van der Waals surface area (Å²) in [6.07, 6.45) is -0.347. The topological polar surface area (TPSA) is 32.3 Å². The highest BCUT2D eigenvalue weighted by atomic mass is 16.3. The molecule has 0 radical (unpaired) electrons. The third-order valence-corrected chi connectivity index (χ3v) is 2.88.